The van der Waals surface area contributed by atoms with E-state index in [9.17, 15) is 4.79 Å². The Morgan fingerprint density at radius 1 is 1.50 bits per heavy atom. The van der Waals surface area contributed by atoms with E-state index < -0.39 is 0 Å². The Kier molecular flexibility index (Phi) is 4.17. The first kappa shape index (κ1) is 15.1. The van der Waals surface area contributed by atoms with Crippen LogP contribution in [-0.4, -0.2) is 14.7 Å². The second-order valence-corrected chi connectivity index (χ2v) is 6.67. The van der Waals surface area contributed by atoms with Crippen molar-refractivity contribution in [2.24, 2.45) is 0 Å². The predicted molar refractivity (Wildman–Crippen MR) is 89.6 cm³/mol. The number of hydrogen-bond donors (Lipinski definition) is 0. The topological polar surface area (TPSA) is 60.9 Å². The fourth-order valence-corrected chi connectivity index (χ4v) is 4.14. The molecule has 0 radical (unpaired) electrons. The van der Waals surface area contributed by atoms with E-state index in [0.29, 0.717) is 22.8 Å². The molecule has 114 valence electrons. The van der Waals surface area contributed by atoms with Gasteiger partial charge in [0.2, 0.25) is 0 Å². The fourth-order valence-electron chi connectivity index (χ4n) is 2.18. The Hall–Kier alpha value is -1.86. The monoisotopic (exact) mass is 333 g/mol. The predicted octanol–water partition coefficient (Wildman–Crippen LogP) is 3.54. The van der Waals surface area contributed by atoms with E-state index in [0.717, 1.165) is 21.8 Å². The molecule has 0 amide bonds. The lowest BCUT2D eigenvalue weighted by Crippen LogP contribution is -2.22. The summed E-state index contributed by atoms with van der Waals surface area (Å²) in [6, 6.07) is 1.82. The van der Waals surface area contributed by atoms with E-state index in [1.807, 2.05) is 25.3 Å². The van der Waals surface area contributed by atoms with Crippen LogP contribution >= 0.6 is 23.1 Å². The van der Waals surface area contributed by atoms with E-state index in [1.165, 1.54) is 23.1 Å². The Bertz CT molecular complexity index is 872. The lowest BCUT2D eigenvalue weighted by molar-refractivity contribution is 0.392. The van der Waals surface area contributed by atoms with Gasteiger partial charge in [-0.1, -0.05) is 23.0 Å². The van der Waals surface area contributed by atoms with Crippen molar-refractivity contribution in [3.05, 3.63) is 51.5 Å². The largest absolute Gasteiger partial charge is 0.361 e. The van der Waals surface area contributed by atoms with Crippen LogP contribution in [0.3, 0.4) is 0 Å². The fraction of sp³-hybridized carbons (Fsp3) is 0.267. The normalized spacial score (nSPS) is 11.2. The molecule has 0 saturated carbocycles. The summed E-state index contributed by atoms with van der Waals surface area (Å²) in [4.78, 5) is 17.9. The summed E-state index contributed by atoms with van der Waals surface area (Å²) < 4.78 is 6.83. The zero-order valence-electron chi connectivity index (χ0n) is 12.3. The molecule has 0 aliphatic rings. The highest BCUT2D eigenvalue weighted by Gasteiger charge is 2.14. The maximum absolute atomic E-state index is 12.5. The second-order valence-electron chi connectivity index (χ2n) is 4.83. The van der Waals surface area contributed by atoms with Crippen molar-refractivity contribution in [1.82, 2.24) is 14.7 Å². The van der Waals surface area contributed by atoms with Gasteiger partial charge in [-0.05, 0) is 25.3 Å². The van der Waals surface area contributed by atoms with Crippen LogP contribution < -0.4 is 5.56 Å². The van der Waals surface area contributed by atoms with Gasteiger partial charge in [-0.15, -0.1) is 17.9 Å². The number of rotatable bonds is 5. The van der Waals surface area contributed by atoms with Crippen LogP contribution in [0.15, 0.2) is 38.6 Å². The molecule has 0 saturated heterocycles. The Morgan fingerprint density at radius 3 is 3.00 bits per heavy atom. The van der Waals surface area contributed by atoms with Gasteiger partial charge in [0.05, 0.1) is 11.1 Å². The lowest BCUT2D eigenvalue weighted by Gasteiger charge is -2.09. The van der Waals surface area contributed by atoms with E-state index in [2.05, 4.69) is 16.7 Å². The van der Waals surface area contributed by atoms with Gasteiger partial charge in [0.1, 0.15) is 10.6 Å². The number of aromatic nitrogens is 3. The van der Waals surface area contributed by atoms with Crippen molar-refractivity contribution in [3.63, 3.8) is 0 Å². The maximum atomic E-state index is 12.5. The highest BCUT2D eigenvalue weighted by atomic mass is 32.2. The summed E-state index contributed by atoms with van der Waals surface area (Å²) in [6.45, 7) is 7.98. The number of nitrogens with zero attached hydrogens (tertiary/aromatic N) is 3. The molecule has 5 nitrogen and oxygen atoms in total. The molecule has 0 aromatic carbocycles. The average Bonchev–Trinajstić information content (AvgIpc) is 3.08. The minimum Gasteiger partial charge on any atom is -0.361 e. The lowest BCUT2D eigenvalue weighted by atomic mass is 10.2. The van der Waals surface area contributed by atoms with Crippen LogP contribution in [0.1, 0.15) is 17.0 Å². The average molecular weight is 333 g/mol. The van der Waals surface area contributed by atoms with Gasteiger partial charge >= 0.3 is 0 Å². The minimum absolute atomic E-state index is 0.0209. The van der Waals surface area contributed by atoms with Gasteiger partial charge in [-0.3, -0.25) is 9.36 Å². The van der Waals surface area contributed by atoms with Gasteiger partial charge in [0.25, 0.3) is 5.56 Å². The Morgan fingerprint density at radius 2 is 2.32 bits per heavy atom. The second kappa shape index (κ2) is 6.10. The van der Waals surface area contributed by atoms with Crippen LogP contribution in [0.5, 0.6) is 0 Å². The Balaban J connectivity index is 2.00. The summed E-state index contributed by atoms with van der Waals surface area (Å²) >= 11 is 2.99. The first-order valence-electron chi connectivity index (χ1n) is 6.75. The molecule has 22 heavy (non-hydrogen) atoms. The van der Waals surface area contributed by atoms with E-state index >= 15 is 0 Å². The van der Waals surface area contributed by atoms with Gasteiger partial charge in [0.15, 0.2) is 5.16 Å². The highest BCUT2D eigenvalue weighted by Crippen LogP contribution is 2.26. The van der Waals surface area contributed by atoms with Crippen molar-refractivity contribution < 1.29 is 4.52 Å². The molecule has 0 bridgehead atoms. The molecule has 3 aromatic heterocycles. The summed E-state index contributed by atoms with van der Waals surface area (Å²) in [7, 11) is 0. The van der Waals surface area contributed by atoms with Crippen molar-refractivity contribution in [2.75, 3.05) is 0 Å². The SMILES string of the molecule is C=CCn1c(SCc2c(C)noc2C)nc2sccc2c1=O. The molecule has 0 unspecified atom stereocenters. The third-order valence-electron chi connectivity index (χ3n) is 3.39. The Labute approximate surface area is 135 Å². The van der Waals surface area contributed by atoms with Gasteiger partial charge in [-0.2, -0.15) is 0 Å². The third kappa shape index (κ3) is 2.62. The zero-order chi connectivity index (χ0) is 15.7. The molecule has 3 rings (SSSR count). The molecule has 0 aliphatic carbocycles. The minimum atomic E-state index is -0.0209. The molecule has 0 atom stereocenters. The molecule has 0 fully saturated rings. The van der Waals surface area contributed by atoms with Gasteiger partial charge in [-0.25, -0.2) is 4.98 Å². The highest BCUT2D eigenvalue weighted by molar-refractivity contribution is 7.98. The van der Waals surface area contributed by atoms with Gasteiger partial charge in [0, 0.05) is 17.9 Å². The molecule has 0 spiro atoms. The van der Waals surface area contributed by atoms with Crippen molar-refractivity contribution in [1.29, 1.82) is 0 Å². The molecule has 3 aromatic rings. The number of aryl methyl sites for hydroxylation is 2. The maximum Gasteiger partial charge on any atom is 0.263 e. The number of hydrogen-bond acceptors (Lipinski definition) is 6. The molecule has 3 heterocycles. The summed E-state index contributed by atoms with van der Waals surface area (Å²) in [5.41, 5.74) is 1.91. The van der Waals surface area contributed by atoms with Crippen molar-refractivity contribution in [3.8, 4) is 0 Å². The van der Waals surface area contributed by atoms with Crippen LogP contribution in [-0.2, 0) is 12.3 Å². The van der Waals surface area contributed by atoms with Crippen LogP contribution in [0, 0.1) is 13.8 Å². The number of allylic oxidation sites excluding steroid dienone is 1. The summed E-state index contributed by atoms with van der Waals surface area (Å²) in [6.07, 6.45) is 1.71. The first-order chi connectivity index (χ1) is 10.6. The quantitative estimate of drug-likeness (QED) is 0.406. The molecule has 7 heteroatoms. The standard InChI is InChI=1S/C15H15N3O2S2/c1-4-6-18-14(19)11-5-7-21-13(11)16-15(18)22-8-12-9(2)17-20-10(12)3/h4-5,7H,1,6,8H2,2-3H3. The first-order valence-corrected chi connectivity index (χ1v) is 8.62. The number of thioether (sulfide) groups is 1. The molecular weight excluding hydrogens is 318 g/mol. The van der Waals surface area contributed by atoms with Crippen LogP contribution in [0.25, 0.3) is 10.2 Å². The van der Waals surface area contributed by atoms with Crippen LogP contribution in [0.4, 0.5) is 0 Å². The van der Waals surface area contributed by atoms with E-state index in [1.54, 1.807) is 10.6 Å². The third-order valence-corrected chi connectivity index (χ3v) is 5.20. The number of fused-ring (bicyclic) bond motifs is 1. The van der Waals surface area contributed by atoms with Crippen LogP contribution in [0.2, 0.25) is 0 Å². The molecule has 0 N–H and O–H groups in total. The van der Waals surface area contributed by atoms with E-state index in [-0.39, 0.29) is 5.56 Å². The van der Waals surface area contributed by atoms with Crippen molar-refractivity contribution in [2.45, 2.75) is 31.3 Å². The van der Waals surface area contributed by atoms with E-state index in [4.69, 9.17) is 4.52 Å². The smallest absolute Gasteiger partial charge is 0.263 e. The molecular formula is C15H15N3O2S2. The molecule has 0 aliphatic heterocycles. The summed E-state index contributed by atoms with van der Waals surface area (Å²) in [5, 5.41) is 7.20. The zero-order valence-corrected chi connectivity index (χ0v) is 14.0. The number of thiophene rings is 1. The van der Waals surface area contributed by atoms with Gasteiger partial charge < -0.3 is 4.52 Å². The summed E-state index contributed by atoms with van der Waals surface area (Å²) in [5.74, 6) is 1.47. The van der Waals surface area contributed by atoms with Crippen molar-refractivity contribution >= 4 is 33.3 Å².